The first-order valence-electron chi connectivity index (χ1n) is 24.9. The topological polar surface area (TPSA) is 396 Å². The molecule has 1 heterocycles. The van der Waals surface area contributed by atoms with Crippen LogP contribution in [0.5, 0.6) is 51.7 Å². The van der Waals surface area contributed by atoms with Gasteiger partial charge in [0.05, 0.1) is 16.7 Å². The monoisotopic (exact) mass is 1160 g/mol. The van der Waals surface area contributed by atoms with Crippen molar-refractivity contribution in [2.75, 3.05) is 6.61 Å². The third kappa shape index (κ3) is 9.36. The Balaban J connectivity index is 1.58. The number of aliphatic hydroxyl groups is 2. The van der Waals surface area contributed by atoms with Crippen LogP contribution in [0.4, 0.5) is 0 Å². The van der Waals surface area contributed by atoms with E-state index < -0.39 is 178 Å². The number of phenolic OH excluding ortho intramolecular Hbond substituents is 9. The molecule has 1 fully saturated rings. The number of Topliss-reactive ketones (excluding diaryl/α,β-unsaturated/α-hetero) is 5. The normalized spacial score (nSPS) is 20.7. The molecule has 9 rings (SSSR count). The van der Waals surface area contributed by atoms with Crippen LogP contribution in [0.3, 0.4) is 0 Å². The SMILES string of the molecule is O=C(OC[C@@]1(C(=O)c2ccccc2)O[C@@](OC(=O)c2cc(O)c(O)c(O)c2)(C(=O)c2ccccc2)[C@](O)(C(=O)c2ccccc2)[C@](OC(=O)c2cc(O)c(O)c(O)c2)(C(=O)c2ccccc2)[C@@]1(O)C(=O)c1ccccc1)c1cc(O)c(O)c(O)c1. The highest BCUT2D eigenvalue weighted by Crippen LogP contribution is 2.62. The second-order valence-electron chi connectivity index (χ2n) is 19.1. The van der Waals surface area contributed by atoms with Gasteiger partial charge in [0.2, 0.25) is 40.1 Å². The molecule has 5 atom stereocenters. The Hall–Kier alpha value is -11.4. The molecule has 8 aromatic carbocycles. The van der Waals surface area contributed by atoms with E-state index in [-0.39, 0.29) is 0 Å². The predicted molar refractivity (Wildman–Crippen MR) is 288 cm³/mol. The zero-order valence-corrected chi connectivity index (χ0v) is 43.4. The average molecular weight is 1160 g/mol. The molecule has 85 heavy (non-hydrogen) atoms. The molecule has 23 heteroatoms. The molecular weight excluding hydrogens is 1110 g/mol. The van der Waals surface area contributed by atoms with Crippen LogP contribution in [-0.2, 0) is 18.9 Å². The van der Waals surface area contributed by atoms with Crippen LogP contribution in [-0.4, -0.2) is 138 Å². The first kappa shape index (κ1) is 58.3. The number of hydrogen-bond acceptors (Lipinski definition) is 23. The van der Waals surface area contributed by atoms with Crippen LogP contribution in [0.1, 0.15) is 82.9 Å². The van der Waals surface area contributed by atoms with E-state index in [1.807, 2.05) is 0 Å². The van der Waals surface area contributed by atoms with Crippen molar-refractivity contribution >= 4 is 46.8 Å². The highest BCUT2D eigenvalue weighted by atomic mass is 16.8. The van der Waals surface area contributed by atoms with E-state index in [2.05, 4.69) is 0 Å². The molecule has 1 aliphatic rings. The highest BCUT2D eigenvalue weighted by molar-refractivity contribution is 6.26. The summed E-state index contributed by atoms with van der Waals surface area (Å²) in [6, 6.07) is 29.6. The second kappa shape index (κ2) is 22.2. The molecule has 0 bridgehead atoms. The Bertz CT molecular complexity index is 3940. The van der Waals surface area contributed by atoms with Crippen molar-refractivity contribution in [1.82, 2.24) is 0 Å². The Labute approximate surface area is 477 Å². The third-order valence-electron chi connectivity index (χ3n) is 14.0. The molecule has 0 radical (unpaired) electrons. The lowest BCUT2D eigenvalue weighted by Gasteiger charge is -2.65. The summed E-state index contributed by atoms with van der Waals surface area (Å²) in [5.74, 6) is -32.8. The fourth-order valence-electron chi connectivity index (χ4n) is 9.90. The minimum absolute atomic E-state index is 0.367. The van der Waals surface area contributed by atoms with E-state index in [1.165, 1.54) is 42.5 Å². The fourth-order valence-corrected chi connectivity index (χ4v) is 9.90. The number of rotatable bonds is 17. The second-order valence-corrected chi connectivity index (χ2v) is 19.1. The standard InChI is InChI=1S/C62H44O23/c63-41-26-38(27-42(64)47(41)69)55(77)82-32-58(50(72)33-16-6-1-7-17-33)59(80,51(73)34-18-8-2-9-19-34)61(53(75)36-22-12-4-13-23-36,83-56(78)39-28-43(65)48(70)44(66)29-39)60(81,52(74)35-20-10-3-11-21-35)62(85-58,54(76)37-24-14-5-15-25-37)84-57(79)40-30-45(67)49(71)46(68)31-40/h1-31,63-71,80-81H,32H2/t58-,59+,60-,61-,62-/m0/s1. The summed E-state index contributed by atoms with van der Waals surface area (Å²) in [5, 5.41) is 125. The summed E-state index contributed by atoms with van der Waals surface area (Å²) in [6.07, 6.45) is 0. The smallest absolute Gasteiger partial charge is 0.341 e. The van der Waals surface area contributed by atoms with Gasteiger partial charge in [0.15, 0.2) is 51.7 Å². The number of carbonyl (C=O) groups excluding carboxylic acids is 8. The molecule has 0 aromatic heterocycles. The molecule has 11 N–H and O–H groups in total. The maximum Gasteiger partial charge on any atom is 0.341 e. The molecule has 0 aliphatic carbocycles. The number of phenols is 9. The summed E-state index contributed by atoms with van der Waals surface area (Å²) in [7, 11) is 0. The van der Waals surface area contributed by atoms with Crippen molar-refractivity contribution < 1.29 is 113 Å². The van der Waals surface area contributed by atoms with Gasteiger partial charge >= 0.3 is 23.7 Å². The lowest BCUT2D eigenvalue weighted by Crippen LogP contribution is -2.96. The third-order valence-corrected chi connectivity index (χ3v) is 14.0. The van der Waals surface area contributed by atoms with Gasteiger partial charge in [-0.2, -0.15) is 0 Å². The average Bonchev–Trinajstić information content (AvgIpc) is 0.768. The van der Waals surface area contributed by atoms with Crippen molar-refractivity contribution in [3.63, 3.8) is 0 Å². The largest absolute Gasteiger partial charge is 0.504 e. The lowest BCUT2D eigenvalue weighted by atomic mass is 9.50. The van der Waals surface area contributed by atoms with Crippen LogP contribution >= 0.6 is 0 Å². The van der Waals surface area contributed by atoms with Gasteiger partial charge in [-0.1, -0.05) is 152 Å². The van der Waals surface area contributed by atoms with E-state index in [1.54, 1.807) is 0 Å². The lowest BCUT2D eigenvalue weighted by molar-refractivity contribution is -0.391. The van der Waals surface area contributed by atoms with Crippen molar-refractivity contribution in [2.45, 2.75) is 28.2 Å². The Kier molecular flexibility index (Phi) is 15.2. The van der Waals surface area contributed by atoms with E-state index >= 15 is 38.7 Å². The number of benzene rings is 8. The summed E-state index contributed by atoms with van der Waals surface area (Å²) < 4.78 is 24.7. The van der Waals surface area contributed by atoms with Gasteiger partial charge in [-0.25, -0.2) is 14.4 Å². The van der Waals surface area contributed by atoms with E-state index in [0.29, 0.717) is 36.4 Å². The Morgan fingerprint density at radius 1 is 0.329 bits per heavy atom. The number of hydrogen-bond donors (Lipinski definition) is 11. The molecule has 23 nitrogen and oxygen atoms in total. The number of esters is 3. The number of carbonyl (C=O) groups is 8. The summed E-state index contributed by atoms with van der Waals surface area (Å²) in [5.41, 5.74) is -27.0. The molecule has 430 valence electrons. The zero-order chi connectivity index (χ0) is 61.4. The summed E-state index contributed by atoms with van der Waals surface area (Å²) in [6.45, 7) is -2.18. The minimum Gasteiger partial charge on any atom is -0.504 e. The number of aromatic hydroxyl groups is 9. The fraction of sp³-hybridized carbons (Fsp3) is 0.0968. The van der Waals surface area contributed by atoms with Gasteiger partial charge in [-0.3, -0.25) is 24.0 Å². The van der Waals surface area contributed by atoms with Crippen molar-refractivity contribution in [2.24, 2.45) is 0 Å². The molecule has 0 spiro atoms. The Morgan fingerprint density at radius 3 is 0.965 bits per heavy atom. The van der Waals surface area contributed by atoms with Gasteiger partial charge < -0.3 is 75.1 Å². The van der Waals surface area contributed by atoms with Gasteiger partial charge in [0.1, 0.15) is 6.61 Å². The van der Waals surface area contributed by atoms with E-state index in [4.69, 9.17) is 18.9 Å². The molecule has 0 amide bonds. The van der Waals surface area contributed by atoms with Crippen LogP contribution in [0.2, 0.25) is 0 Å². The Morgan fingerprint density at radius 2 is 0.612 bits per heavy atom. The molecule has 1 saturated heterocycles. The van der Waals surface area contributed by atoms with Gasteiger partial charge in [0, 0.05) is 27.8 Å². The number of ketones is 5. The van der Waals surface area contributed by atoms with Crippen LogP contribution in [0.25, 0.3) is 0 Å². The molecule has 0 saturated carbocycles. The predicted octanol–water partition coefficient (Wildman–Crippen LogP) is 5.99. The minimum atomic E-state index is -5.06. The maximum atomic E-state index is 17.1. The highest BCUT2D eigenvalue weighted by Gasteiger charge is 2.94. The first-order chi connectivity index (χ1) is 40.4. The van der Waals surface area contributed by atoms with Crippen LogP contribution in [0.15, 0.2) is 188 Å². The maximum absolute atomic E-state index is 17.1. The summed E-state index contributed by atoms with van der Waals surface area (Å²) >= 11 is 0. The van der Waals surface area contributed by atoms with Crippen molar-refractivity contribution in [3.8, 4) is 51.7 Å². The summed E-state index contributed by atoms with van der Waals surface area (Å²) in [4.78, 5) is 130. The van der Waals surface area contributed by atoms with E-state index in [0.717, 1.165) is 109 Å². The van der Waals surface area contributed by atoms with Gasteiger partial charge in [0.25, 0.3) is 11.2 Å². The quantitative estimate of drug-likeness (QED) is 0.0216. The number of ether oxygens (including phenoxy) is 4. The molecule has 1 aliphatic heterocycles. The molecule has 0 unspecified atom stereocenters. The van der Waals surface area contributed by atoms with Crippen LogP contribution < -0.4 is 0 Å². The van der Waals surface area contributed by atoms with Crippen molar-refractivity contribution in [1.29, 1.82) is 0 Å². The van der Waals surface area contributed by atoms with Crippen LogP contribution in [0, 0.1) is 0 Å². The van der Waals surface area contributed by atoms with E-state index in [9.17, 15) is 55.9 Å². The zero-order valence-electron chi connectivity index (χ0n) is 43.4. The molecular formula is C62H44O23. The van der Waals surface area contributed by atoms with Crippen molar-refractivity contribution in [3.05, 3.63) is 233 Å². The molecule has 8 aromatic rings. The van der Waals surface area contributed by atoms with Gasteiger partial charge in [-0.15, -0.1) is 0 Å². The first-order valence-corrected chi connectivity index (χ1v) is 24.9. The van der Waals surface area contributed by atoms with Gasteiger partial charge in [-0.05, 0) is 36.4 Å².